The van der Waals surface area contributed by atoms with Crippen LogP contribution in [0.5, 0.6) is 5.75 Å². The van der Waals surface area contributed by atoms with E-state index in [4.69, 9.17) is 9.47 Å². The Balaban J connectivity index is 1.30. The summed E-state index contributed by atoms with van der Waals surface area (Å²) in [5.74, 6) is -0.202. The normalized spacial score (nSPS) is 23.9. The van der Waals surface area contributed by atoms with Crippen molar-refractivity contribution in [2.45, 2.75) is 38.4 Å². The van der Waals surface area contributed by atoms with Crippen molar-refractivity contribution in [3.63, 3.8) is 0 Å². The van der Waals surface area contributed by atoms with E-state index in [1.807, 2.05) is 61.5 Å². The summed E-state index contributed by atoms with van der Waals surface area (Å²) in [6.07, 6.45) is 0.115. The number of likely N-dealkylation sites (N-methyl/N-ethyl adjacent to an activating group) is 1. The highest BCUT2D eigenvalue weighted by atomic mass is 16.5. The van der Waals surface area contributed by atoms with Crippen molar-refractivity contribution in [2.75, 3.05) is 38.2 Å². The van der Waals surface area contributed by atoms with Gasteiger partial charge in [-0.05, 0) is 43.2 Å². The fraction of sp³-hybridized carbons (Fsp3) is 0.423. The molecule has 3 fully saturated rings. The fourth-order valence-corrected chi connectivity index (χ4v) is 5.14. The lowest BCUT2D eigenvalue weighted by atomic mass is 10.1. The molecule has 0 bridgehead atoms. The Morgan fingerprint density at radius 3 is 2.53 bits per heavy atom. The van der Waals surface area contributed by atoms with E-state index in [1.54, 1.807) is 7.05 Å². The van der Waals surface area contributed by atoms with Gasteiger partial charge >= 0.3 is 12.0 Å². The van der Waals surface area contributed by atoms with Crippen LogP contribution in [0.3, 0.4) is 0 Å². The molecule has 3 aliphatic heterocycles. The topological polar surface area (TPSA) is 94.7 Å². The van der Waals surface area contributed by atoms with Gasteiger partial charge in [0, 0.05) is 25.8 Å². The third-order valence-corrected chi connectivity index (χ3v) is 6.88. The average molecular weight is 494 g/mol. The number of rotatable bonds is 7. The first kappa shape index (κ1) is 24.1. The number of urea groups is 1. The number of nitrogens with zero attached hydrogens (tertiary/aromatic N) is 4. The van der Waals surface area contributed by atoms with Crippen molar-refractivity contribution in [2.24, 2.45) is 0 Å². The van der Waals surface area contributed by atoms with Gasteiger partial charge in [0.2, 0.25) is 0 Å². The first-order valence-corrected chi connectivity index (χ1v) is 12.3. The van der Waals surface area contributed by atoms with Crippen LogP contribution >= 0.6 is 0 Å². The van der Waals surface area contributed by atoms with E-state index in [-0.39, 0.29) is 18.8 Å². The molecule has 0 aliphatic carbocycles. The summed E-state index contributed by atoms with van der Waals surface area (Å²) in [4.78, 5) is 45.9. The highest BCUT2D eigenvalue weighted by Crippen LogP contribution is 2.33. The van der Waals surface area contributed by atoms with Crippen molar-refractivity contribution in [1.29, 1.82) is 0 Å². The van der Waals surface area contributed by atoms with Crippen molar-refractivity contribution in [3.05, 3.63) is 60.2 Å². The fourth-order valence-electron chi connectivity index (χ4n) is 5.14. The van der Waals surface area contributed by atoms with E-state index < -0.39 is 30.8 Å². The molecule has 3 atom stereocenters. The average Bonchev–Trinajstić information content (AvgIpc) is 3.30. The molecule has 3 aliphatic rings. The van der Waals surface area contributed by atoms with Crippen LogP contribution in [0.1, 0.15) is 18.9 Å². The predicted octanol–water partition coefficient (Wildman–Crippen LogP) is 1.82. The smallest absolute Gasteiger partial charge is 0.328 e. The monoisotopic (exact) mass is 493 g/mol. The minimum atomic E-state index is -0.621. The third-order valence-electron chi connectivity index (χ3n) is 6.88. The molecule has 3 saturated heterocycles. The largest absolute Gasteiger partial charge is 0.494 e. The summed E-state index contributed by atoms with van der Waals surface area (Å²) in [5, 5.41) is 3.48. The first-order chi connectivity index (χ1) is 17.5. The Labute approximate surface area is 210 Å². The van der Waals surface area contributed by atoms with Crippen LogP contribution in [-0.2, 0) is 20.9 Å². The second kappa shape index (κ2) is 10.2. The molecule has 10 nitrogen and oxygen atoms in total. The first-order valence-electron chi connectivity index (χ1n) is 12.3. The molecule has 2 aromatic rings. The van der Waals surface area contributed by atoms with Crippen molar-refractivity contribution in [3.8, 4) is 5.75 Å². The highest BCUT2D eigenvalue weighted by Gasteiger charge is 2.56. The molecule has 2 aromatic carbocycles. The van der Waals surface area contributed by atoms with Crippen LogP contribution in [0.15, 0.2) is 54.6 Å². The molecule has 5 rings (SSSR count). The lowest BCUT2D eigenvalue weighted by Gasteiger charge is -2.43. The summed E-state index contributed by atoms with van der Waals surface area (Å²) >= 11 is 0. The molecular weight excluding hydrogens is 462 g/mol. The number of hydrogen-bond donors (Lipinski definition) is 1. The number of benzene rings is 2. The van der Waals surface area contributed by atoms with Gasteiger partial charge in [-0.1, -0.05) is 30.3 Å². The molecular formula is C26H31N5O5. The van der Waals surface area contributed by atoms with Gasteiger partial charge in [-0.25, -0.2) is 4.79 Å². The van der Waals surface area contributed by atoms with Gasteiger partial charge in [-0.2, -0.15) is 0 Å². The summed E-state index contributed by atoms with van der Waals surface area (Å²) in [6, 6.07) is 16.1. The lowest BCUT2D eigenvalue weighted by molar-refractivity contribution is -0.152. The van der Waals surface area contributed by atoms with Gasteiger partial charge in [0.15, 0.2) is 0 Å². The zero-order valence-electron chi connectivity index (χ0n) is 20.5. The van der Waals surface area contributed by atoms with Crippen molar-refractivity contribution in [1.82, 2.24) is 20.0 Å². The number of amides is 3. The van der Waals surface area contributed by atoms with E-state index in [0.29, 0.717) is 13.2 Å². The molecule has 1 N–H and O–H groups in total. The van der Waals surface area contributed by atoms with Gasteiger partial charge < -0.3 is 19.3 Å². The Morgan fingerprint density at radius 1 is 1.06 bits per heavy atom. The molecule has 0 radical (unpaired) electrons. The van der Waals surface area contributed by atoms with Crippen molar-refractivity contribution >= 4 is 23.6 Å². The standard InChI is InChI=1S/C26H31N5O5/c1-3-35-20-12-10-19(11-13-20)29-14-7-15-30-22-23(27-25(29)30)28(2)26(34)31(24(22)33)16-21(32)36-17-18-8-5-4-6-9-18/h4-6,8-13,22-23,25,27H,3,7,14-17H2,1-2H3. The van der Waals surface area contributed by atoms with E-state index in [9.17, 15) is 14.4 Å². The van der Waals surface area contributed by atoms with Crippen LogP contribution in [-0.4, -0.2) is 84.4 Å². The second-order valence-electron chi connectivity index (χ2n) is 9.11. The molecule has 0 saturated carbocycles. The molecule has 3 unspecified atom stereocenters. The van der Waals surface area contributed by atoms with Crippen LogP contribution in [0.25, 0.3) is 0 Å². The molecule has 0 spiro atoms. The minimum Gasteiger partial charge on any atom is -0.494 e. The summed E-state index contributed by atoms with van der Waals surface area (Å²) in [7, 11) is 1.65. The number of fused-ring (bicyclic) bond motifs is 3. The molecule has 3 heterocycles. The summed E-state index contributed by atoms with van der Waals surface area (Å²) < 4.78 is 10.9. The van der Waals surface area contributed by atoms with E-state index in [1.165, 1.54) is 4.90 Å². The highest BCUT2D eigenvalue weighted by molar-refractivity contribution is 6.02. The number of esters is 1. The molecule has 190 valence electrons. The SMILES string of the molecule is CCOc1ccc(N2CCCN3C4C(=O)N(CC(=O)OCc5ccccc5)C(=O)N(C)C4NC23)cc1. The van der Waals surface area contributed by atoms with Crippen LogP contribution < -0.4 is 15.0 Å². The summed E-state index contributed by atoms with van der Waals surface area (Å²) in [5.41, 5.74) is 1.84. The number of ether oxygens (including phenoxy) is 2. The maximum absolute atomic E-state index is 13.5. The Kier molecular flexibility index (Phi) is 6.80. The van der Waals surface area contributed by atoms with E-state index >= 15 is 0 Å². The maximum Gasteiger partial charge on any atom is 0.328 e. The zero-order valence-corrected chi connectivity index (χ0v) is 20.5. The Morgan fingerprint density at radius 2 is 1.81 bits per heavy atom. The van der Waals surface area contributed by atoms with Gasteiger partial charge in [-0.3, -0.25) is 24.7 Å². The number of hydrogen-bond acceptors (Lipinski definition) is 8. The summed E-state index contributed by atoms with van der Waals surface area (Å²) in [6.45, 7) is 3.73. The quantitative estimate of drug-likeness (QED) is 0.584. The van der Waals surface area contributed by atoms with Crippen LogP contribution in [0.2, 0.25) is 0 Å². The zero-order chi connectivity index (χ0) is 25.2. The third kappa shape index (κ3) is 4.49. The predicted molar refractivity (Wildman–Crippen MR) is 132 cm³/mol. The van der Waals surface area contributed by atoms with E-state index in [0.717, 1.165) is 34.9 Å². The molecule has 0 aromatic heterocycles. The van der Waals surface area contributed by atoms with Crippen molar-refractivity contribution < 1.29 is 23.9 Å². The second-order valence-corrected chi connectivity index (χ2v) is 9.11. The Bertz CT molecular complexity index is 1110. The number of imide groups is 1. The molecule has 3 amide bonds. The number of anilines is 1. The molecule has 36 heavy (non-hydrogen) atoms. The molecule has 10 heteroatoms. The number of nitrogens with one attached hydrogen (secondary N) is 1. The van der Waals surface area contributed by atoms with Crippen LogP contribution in [0, 0.1) is 0 Å². The lowest BCUT2D eigenvalue weighted by Crippen LogP contribution is -2.67. The van der Waals surface area contributed by atoms with Gasteiger partial charge in [0.05, 0.1) is 6.61 Å². The van der Waals surface area contributed by atoms with Gasteiger partial charge in [0.1, 0.15) is 37.4 Å². The van der Waals surface area contributed by atoms with E-state index in [2.05, 4.69) is 15.1 Å². The minimum absolute atomic E-state index is 0.0879. The van der Waals surface area contributed by atoms with Gasteiger partial charge in [-0.15, -0.1) is 0 Å². The number of carbonyl (C=O) groups is 3. The maximum atomic E-state index is 13.5. The van der Waals surface area contributed by atoms with Gasteiger partial charge in [0.25, 0.3) is 5.91 Å². The number of carbonyl (C=O) groups excluding carboxylic acids is 3. The Hall–Kier alpha value is -3.63. The van der Waals surface area contributed by atoms with Crippen LogP contribution in [0.4, 0.5) is 10.5 Å².